The van der Waals surface area contributed by atoms with Crippen LogP contribution in [0.25, 0.3) is 0 Å². The van der Waals surface area contributed by atoms with Crippen LogP contribution < -0.4 is 16.0 Å². The summed E-state index contributed by atoms with van der Waals surface area (Å²) < 4.78 is 0. The molecule has 116 valence electrons. The van der Waals surface area contributed by atoms with Crippen LogP contribution in [0.3, 0.4) is 0 Å². The van der Waals surface area contributed by atoms with Gasteiger partial charge < -0.3 is 10.6 Å². The van der Waals surface area contributed by atoms with E-state index in [1.165, 1.54) is 11.3 Å². The number of thiazole rings is 1. The van der Waals surface area contributed by atoms with Gasteiger partial charge in [-0.3, -0.25) is 10.1 Å². The Bertz CT molecular complexity index is 678. The number of amides is 3. The van der Waals surface area contributed by atoms with Crippen molar-refractivity contribution in [3.63, 3.8) is 0 Å². The van der Waals surface area contributed by atoms with E-state index in [-0.39, 0.29) is 6.03 Å². The molecule has 2 aromatic rings. The SMILES string of the molecule is O=CNCc1csc(NC(=O)NCc2ccc(Cl)c(Cl)c2)n1. The van der Waals surface area contributed by atoms with Crippen molar-refractivity contribution in [2.75, 3.05) is 5.32 Å². The van der Waals surface area contributed by atoms with Gasteiger partial charge in [-0.1, -0.05) is 29.3 Å². The van der Waals surface area contributed by atoms with Gasteiger partial charge in [0.2, 0.25) is 6.41 Å². The van der Waals surface area contributed by atoms with Gasteiger partial charge in [0, 0.05) is 11.9 Å². The van der Waals surface area contributed by atoms with E-state index in [2.05, 4.69) is 20.9 Å². The van der Waals surface area contributed by atoms with Gasteiger partial charge in [-0.2, -0.15) is 0 Å². The molecule has 22 heavy (non-hydrogen) atoms. The molecule has 1 aromatic heterocycles. The van der Waals surface area contributed by atoms with E-state index in [0.717, 1.165) is 5.56 Å². The van der Waals surface area contributed by atoms with Crippen LogP contribution in [-0.2, 0) is 17.9 Å². The first kappa shape index (κ1) is 16.5. The number of urea groups is 1. The first-order valence-corrected chi connectivity index (χ1v) is 7.82. The molecule has 6 nitrogen and oxygen atoms in total. The van der Waals surface area contributed by atoms with Crippen LogP contribution in [-0.4, -0.2) is 17.4 Å². The molecule has 1 aromatic carbocycles. The minimum absolute atomic E-state index is 0.313. The number of halogens is 2. The molecule has 0 aliphatic rings. The zero-order chi connectivity index (χ0) is 15.9. The lowest BCUT2D eigenvalue weighted by Gasteiger charge is -2.06. The lowest BCUT2D eigenvalue weighted by Crippen LogP contribution is -2.28. The van der Waals surface area contributed by atoms with Gasteiger partial charge in [-0.15, -0.1) is 11.3 Å². The van der Waals surface area contributed by atoms with Crippen molar-refractivity contribution in [2.24, 2.45) is 0 Å². The Hall–Kier alpha value is -1.83. The number of hydrogen-bond acceptors (Lipinski definition) is 4. The number of anilines is 1. The summed E-state index contributed by atoms with van der Waals surface area (Å²) in [6.45, 7) is 0.639. The van der Waals surface area contributed by atoms with E-state index >= 15 is 0 Å². The smallest absolute Gasteiger partial charge is 0.321 e. The van der Waals surface area contributed by atoms with Crippen LogP contribution in [0.2, 0.25) is 10.0 Å². The topological polar surface area (TPSA) is 83.1 Å². The number of carbonyl (C=O) groups excluding carboxylic acids is 2. The van der Waals surface area contributed by atoms with Gasteiger partial charge in [0.15, 0.2) is 5.13 Å². The third kappa shape index (κ3) is 4.87. The molecule has 1 heterocycles. The number of benzene rings is 1. The second-order valence-corrected chi connectivity index (χ2v) is 5.87. The number of hydrogen-bond donors (Lipinski definition) is 3. The molecule has 0 atom stereocenters. The van der Waals surface area contributed by atoms with Crippen molar-refractivity contribution in [3.8, 4) is 0 Å². The monoisotopic (exact) mass is 358 g/mol. The van der Waals surface area contributed by atoms with E-state index in [4.69, 9.17) is 23.2 Å². The largest absolute Gasteiger partial charge is 0.353 e. The van der Waals surface area contributed by atoms with Gasteiger partial charge in [-0.25, -0.2) is 9.78 Å². The summed E-state index contributed by atoms with van der Waals surface area (Å²) in [5, 5.41) is 10.9. The lowest BCUT2D eigenvalue weighted by molar-refractivity contribution is -0.109. The maximum absolute atomic E-state index is 11.8. The van der Waals surface area contributed by atoms with Crippen LogP contribution in [0, 0.1) is 0 Å². The fourth-order valence-corrected chi connectivity index (χ4v) is 2.59. The molecule has 0 aliphatic heterocycles. The Morgan fingerprint density at radius 1 is 1.27 bits per heavy atom. The molecule has 0 radical (unpaired) electrons. The van der Waals surface area contributed by atoms with E-state index < -0.39 is 0 Å². The summed E-state index contributed by atoms with van der Waals surface area (Å²) in [5.74, 6) is 0. The number of nitrogens with one attached hydrogen (secondary N) is 3. The molecular formula is C13H12Cl2N4O2S. The minimum Gasteiger partial charge on any atom is -0.353 e. The molecule has 0 saturated carbocycles. The summed E-state index contributed by atoms with van der Waals surface area (Å²) in [6, 6.07) is 4.76. The maximum atomic E-state index is 11.8. The molecule has 0 aliphatic carbocycles. The van der Waals surface area contributed by atoms with Crippen LogP contribution >= 0.6 is 34.5 Å². The fraction of sp³-hybridized carbons (Fsp3) is 0.154. The highest BCUT2D eigenvalue weighted by atomic mass is 35.5. The quantitative estimate of drug-likeness (QED) is 0.694. The summed E-state index contributed by atoms with van der Waals surface area (Å²) >= 11 is 13.0. The van der Waals surface area contributed by atoms with Gasteiger partial charge in [-0.05, 0) is 17.7 Å². The summed E-state index contributed by atoms with van der Waals surface area (Å²) in [6.07, 6.45) is 0.594. The van der Waals surface area contributed by atoms with Crippen LogP contribution in [0.1, 0.15) is 11.3 Å². The van der Waals surface area contributed by atoms with Gasteiger partial charge in [0.05, 0.1) is 22.3 Å². The second kappa shape index (κ2) is 7.98. The highest BCUT2D eigenvalue weighted by Crippen LogP contribution is 2.22. The van der Waals surface area contributed by atoms with Crippen molar-refractivity contribution in [1.29, 1.82) is 0 Å². The third-order valence-corrected chi connectivity index (χ3v) is 4.12. The summed E-state index contributed by atoms with van der Waals surface area (Å²) in [4.78, 5) is 26.1. The highest BCUT2D eigenvalue weighted by molar-refractivity contribution is 7.13. The lowest BCUT2D eigenvalue weighted by atomic mass is 10.2. The van der Waals surface area contributed by atoms with Crippen molar-refractivity contribution in [2.45, 2.75) is 13.1 Å². The average molecular weight is 359 g/mol. The predicted molar refractivity (Wildman–Crippen MR) is 87.3 cm³/mol. The van der Waals surface area contributed by atoms with E-state index in [0.29, 0.717) is 40.4 Å². The Morgan fingerprint density at radius 2 is 2.09 bits per heavy atom. The molecule has 3 N–H and O–H groups in total. The molecule has 0 spiro atoms. The highest BCUT2D eigenvalue weighted by Gasteiger charge is 2.07. The zero-order valence-electron chi connectivity index (χ0n) is 11.2. The van der Waals surface area contributed by atoms with Gasteiger partial charge in [0.1, 0.15) is 0 Å². The van der Waals surface area contributed by atoms with Gasteiger partial charge >= 0.3 is 6.03 Å². The third-order valence-electron chi connectivity index (χ3n) is 2.58. The molecule has 0 bridgehead atoms. The average Bonchev–Trinajstić information content (AvgIpc) is 2.94. The number of rotatable bonds is 6. The maximum Gasteiger partial charge on any atom is 0.321 e. The van der Waals surface area contributed by atoms with Crippen molar-refractivity contribution in [3.05, 3.63) is 44.9 Å². The molecule has 2 rings (SSSR count). The standard InChI is InChI=1S/C13H12Cl2N4O2S/c14-10-2-1-8(3-11(10)15)4-17-12(21)19-13-18-9(6-22-13)5-16-7-20/h1-3,6-7H,4-5H2,(H,16,20)(H2,17,18,19,21). The molecule has 0 unspecified atom stereocenters. The van der Waals surface area contributed by atoms with Crippen LogP contribution in [0.4, 0.5) is 9.93 Å². The molecule has 3 amide bonds. The fourth-order valence-electron chi connectivity index (χ4n) is 1.57. The number of carbonyl (C=O) groups is 2. The van der Waals surface area contributed by atoms with E-state index in [1.807, 2.05) is 0 Å². The van der Waals surface area contributed by atoms with E-state index in [1.54, 1.807) is 23.6 Å². The molecule has 0 saturated heterocycles. The Labute approximate surface area is 140 Å². The van der Waals surface area contributed by atoms with Crippen molar-refractivity contribution < 1.29 is 9.59 Å². The second-order valence-electron chi connectivity index (χ2n) is 4.20. The Kier molecular flexibility index (Phi) is 6.00. The number of aromatic nitrogens is 1. The summed E-state index contributed by atoms with van der Waals surface area (Å²) in [7, 11) is 0. The van der Waals surface area contributed by atoms with E-state index in [9.17, 15) is 9.59 Å². The Balaban J connectivity index is 1.83. The molecule has 9 heteroatoms. The number of nitrogens with zero attached hydrogens (tertiary/aromatic N) is 1. The summed E-state index contributed by atoms with van der Waals surface area (Å²) in [5.41, 5.74) is 1.51. The van der Waals surface area contributed by atoms with Gasteiger partial charge in [0.25, 0.3) is 0 Å². The molecular weight excluding hydrogens is 347 g/mol. The molecule has 0 fully saturated rings. The van der Waals surface area contributed by atoms with Crippen LogP contribution in [0.15, 0.2) is 23.6 Å². The first-order valence-electron chi connectivity index (χ1n) is 6.18. The minimum atomic E-state index is -0.379. The predicted octanol–water partition coefficient (Wildman–Crippen LogP) is 3.02. The van der Waals surface area contributed by atoms with Crippen LogP contribution in [0.5, 0.6) is 0 Å². The van der Waals surface area contributed by atoms with Crippen molar-refractivity contribution >= 4 is 52.1 Å². The Morgan fingerprint density at radius 3 is 2.82 bits per heavy atom. The van der Waals surface area contributed by atoms with Crippen molar-refractivity contribution in [1.82, 2.24) is 15.6 Å². The zero-order valence-corrected chi connectivity index (χ0v) is 13.6. The first-order chi connectivity index (χ1) is 10.6. The normalized spacial score (nSPS) is 10.1.